The summed E-state index contributed by atoms with van der Waals surface area (Å²) in [4.78, 5) is 4.59. The first-order valence-electron chi connectivity index (χ1n) is 6.67. The van der Waals surface area contributed by atoms with Gasteiger partial charge < -0.3 is 14.8 Å². The second-order valence-corrected chi connectivity index (χ2v) is 5.67. The lowest BCUT2D eigenvalue weighted by Crippen LogP contribution is -2.03. The van der Waals surface area contributed by atoms with Gasteiger partial charge in [0.1, 0.15) is 17.3 Å². The summed E-state index contributed by atoms with van der Waals surface area (Å²) < 4.78 is 2.04. The predicted octanol–water partition coefficient (Wildman–Crippen LogP) is 4.35. The van der Waals surface area contributed by atoms with Crippen molar-refractivity contribution < 1.29 is 10.2 Å². The Morgan fingerprint density at radius 1 is 1.10 bits per heavy atom. The third kappa shape index (κ3) is 2.32. The normalized spacial score (nSPS) is 11.4. The molecule has 0 saturated heterocycles. The highest BCUT2D eigenvalue weighted by Gasteiger charge is 2.17. The van der Waals surface area contributed by atoms with Crippen LogP contribution in [0.3, 0.4) is 0 Å². The quantitative estimate of drug-likeness (QED) is 0.740. The Morgan fingerprint density at radius 2 is 1.86 bits per heavy atom. The van der Waals surface area contributed by atoms with E-state index in [0.29, 0.717) is 16.4 Å². The van der Waals surface area contributed by atoms with Crippen molar-refractivity contribution in [1.82, 2.24) is 9.55 Å². The van der Waals surface area contributed by atoms with Gasteiger partial charge in [-0.05, 0) is 44.2 Å². The van der Waals surface area contributed by atoms with Crippen molar-refractivity contribution in [1.29, 1.82) is 0 Å². The van der Waals surface area contributed by atoms with Gasteiger partial charge in [-0.1, -0.05) is 11.6 Å². The van der Waals surface area contributed by atoms with Crippen LogP contribution in [0.15, 0.2) is 36.4 Å². The minimum absolute atomic E-state index is 0.00157. The molecular formula is C16H15ClN2O2. The van der Waals surface area contributed by atoms with Gasteiger partial charge in [0.15, 0.2) is 0 Å². The number of hydrogen-bond acceptors (Lipinski definition) is 3. The van der Waals surface area contributed by atoms with E-state index in [1.54, 1.807) is 12.1 Å². The average Bonchev–Trinajstić information content (AvgIpc) is 2.76. The smallest absolute Gasteiger partial charge is 0.145 e. The maximum absolute atomic E-state index is 10.1. The predicted molar refractivity (Wildman–Crippen MR) is 83.9 cm³/mol. The third-order valence-electron chi connectivity index (χ3n) is 3.39. The van der Waals surface area contributed by atoms with Gasteiger partial charge in [0.25, 0.3) is 0 Å². The van der Waals surface area contributed by atoms with Crippen molar-refractivity contribution in [2.24, 2.45) is 0 Å². The van der Waals surface area contributed by atoms with E-state index >= 15 is 0 Å². The number of halogens is 1. The second-order valence-electron chi connectivity index (χ2n) is 5.23. The summed E-state index contributed by atoms with van der Waals surface area (Å²) in [7, 11) is 0. The molecule has 2 N–H and O–H groups in total. The van der Waals surface area contributed by atoms with Crippen LogP contribution in [0, 0.1) is 0 Å². The van der Waals surface area contributed by atoms with E-state index in [4.69, 9.17) is 11.6 Å². The molecule has 21 heavy (non-hydrogen) atoms. The van der Waals surface area contributed by atoms with Gasteiger partial charge in [0.05, 0.1) is 16.6 Å². The van der Waals surface area contributed by atoms with E-state index < -0.39 is 0 Å². The molecule has 4 nitrogen and oxygen atoms in total. The summed E-state index contributed by atoms with van der Waals surface area (Å²) in [5.41, 5.74) is 2.31. The zero-order valence-electron chi connectivity index (χ0n) is 11.7. The second kappa shape index (κ2) is 4.97. The molecule has 0 fully saturated rings. The van der Waals surface area contributed by atoms with Crippen LogP contribution in [0.1, 0.15) is 19.9 Å². The Balaban J connectivity index is 2.33. The fourth-order valence-corrected chi connectivity index (χ4v) is 2.66. The molecule has 3 rings (SSSR count). The molecule has 0 aliphatic rings. The van der Waals surface area contributed by atoms with E-state index in [9.17, 15) is 10.2 Å². The Kier molecular flexibility index (Phi) is 3.26. The lowest BCUT2D eigenvalue weighted by atomic mass is 10.1. The first kappa shape index (κ1) is 13.8. The minimum Gasteiger partial charge on any atom is -0.508 e. The highest BCUT2D eigenvalue weighted by atomic mass is 35.5. The fraction of sp³-hybridized carbons (Fsp3) is 0.188. The molecule has 3 aromatic rings. The van der Waals surface area contributed by atoms with Crippen LogP contribution < -0.4 is 0 Å². The first-order chi connectivity index (χ1) is 9.97. The number of nitrogens with zero attached hydrogens (tertiary/aromatic N) is 2. The van der Waals surface area contributed by atoms with E-state index in [1.165, 1.54) is 12.1 Å². The largest absolute Gasteiger partial charge is 0.508 e. The monoisotopic (exact) mass is 302 g/mol. The highest BCUT2D eigenvalue weighted by molar-refractivity contribution is 6.31. The molecule has 108 valence electrons. The molecule has 0 aliphatic heterocycles. The highest BCUT2D eigenvalue weighted by Crippen LogP contribution is 2.35. The van der Waals surface area contributed by atoms with Crippen LogP contribution in [0.4, 0.5) is 0 Å². The van der Waals surface area contributed by atoms with Crippen molar-refractivity contribution in [2.75, 3.05) is 0 Å². The standard InChI is InChI=1S/C16H15ClN2O2/c1-9(2)19-14-6-3-10(17)7-13(14)18-16(19)12-5-4-11(20)8-15(12)21/h3-9,20-21H,1-2H3. The molecule has 0 aliphatic carbocycles. The van der Waals surface area contributed by atoms with E-state index in [2.05, 4.69) is 18.8 Å². The van der Waals surface area contributed by atoms with Crippen molar-refractivity contribution in [3.63, 3.8) is 0 Å². The van der Waals surface area contributed by atoms with Gasteiger partial charge in [-0.2, -0.15) is 0 Å². The van der Waals surface area contributed by atoms with E-state index in [-0.39, 0.29) is 17.5 Å². The Hall–Kier alpha value is -2.20. The van der Waals surface area contributed by atoms with Crippen molar-refractivity contribution in [3.05, 3.63) is 41.4 Å². The van der Waals surface area contributed by atoms with Crippen LogP contribution in [0.5, 0.6) is 11.5 Å². The fourth-order valence-electron chi connectivity index (χ4n) is 2.49. The molecule has 1 heterocycles. The van der Waals surface area contributed by atoms with Crippen LogP contribution in [0.25, 0.3) is 22.4 Å². The number of aromatic nitrogens is 2. The maximum atomic E-state index is 10.1. The Labute approximate surface area is 127 Å². The van der Waals surface area contributed by atoms with Gasteiger partial charge >= 0.3 is 0 Å². The summed E-state index contributed by atoms with van der Waals surface area (Å²) in [5, 5.41) is 20.1. The van der Waals surface area contributed by atoms with Gasteiger partial charge in [-0.3, -0.25) is 0 Å². The first-order valence-corrected chi connectivity index (χ1v) is 7.05. The zero-order chi connectivity index (χ0) is 15.1. The van der Waals surface area contributed by atoms with Gasteiger partial charge in [0.2, 0.25) is 0 Å². The number of fused-ring (bicyclic) bond motifs is 1. The number of benzene rings is 2. The van der Waals surface area contributed by atoms with Crippen molar-refractivity contribution in [2.45, 2.75) is 19.9 Å². The molecule has 0 unspecified atom stereocenters. The summed E-state index contributed by atoms with van der Waals surface area (Å²) in [6, 6.07) is 10.2. The van der Waals surface area contributed by atoms with E-state index in [1.807, 2.05) is 16.7 Å². The van der Waals surface area contributed by atoms with Crippen LogP contribution in [0.2, 0.25) is 5.02 Å². The third-order valence-corrected chi connectivity index (χ3v) is 3.63. The number of hydrogen-bond donors (Lipinski definition) is 2. The number of phenolic OH excluding ortho intramolecular Hbond substituents is 2. The number of phenols is 2. The summed E-state index contributed by atoms with van der Waals surface area (Å²) in [6.45, 7) is 4.10. The van der Waals surface area contributed by atoms with Crippen molar-refractivity contribution >= 4 is 22.6 Å². The zero-order valence-corrected chi connectivity index (χ0v) is 12.5. The lowest BCUT2D eigenvalue weighted by Gasteiger charge is -2.14. The molecule has 1 aromatic heterocycles. The van der Waals surface area contributed by atoms with Crippen molar-refractivity contribution in [3.8, 4) is 22.9 Å². The topological polar surface area (TPSA) is 58.3 Å². The molecule has 2 aromatic carbocycles. The molecule has 0 amide bonds. The van der Waals surface area contributed by atoms with Crippen LogP contribution in [-0.2, 0) is 0 Å². The average molecular weight is 303 g/mol. The molecule has 0 spiro atoms. The van der Waals surface area contributed by atoms with E-state index in [0.717, 1.165) is 11.0 Å². The van der Waals surface area contributed by atoms with Crippen LogP contribution in [-0.4, -0.2) is 19.8 Å². The van der Waals surface area contributed by atoms with Gasteiger partial charge in [-0.25, -0.2) is 4.98 Å². The Morgan fingerprint density at radius 3 is 2.52 bits per heavy atom. The SMILES string of the molecule is CC(C)n1c(-c2ccc(O)cc2O)nc2cc(Cl)ccc21. The lowest BCUT2D eigenvalue weighted by molar-refractivity contribution is 0.451. The summed E-state index contributed by atoms with van der Waals surface area (Å²) >= 11 is 6.03. The summed E-state index contributed by atoms with van der Waals surface area (Å²) in [5.74, 6) is 0.671. The summed E-state index contributed by atoms with van der Waals surface area (Å²) in [6.07, 6.45) is 0. The molecular weight excluding hydrogens is 288 g/mol. The number of imidazole rings is 1. The molecule has 0 atom stereocenters. The number of aromatic hydroxyl groups is 2. The minimum atomic E-state index is -0.00157. The van der Waals surface area contributed by atoms with Gasteiger partial charge in [0, 0.05) is 17.1 Å². The number of rotatable bonds is 2. The van der Waals surface area contributed by atoms with Gasteiger partial charge in [-0.15, -0.1) is 0 Å². The molecule has 0 bridgehead atoms. The molecule has 0 radical (unpaired) electrons. The molecule has 5 heteroatoms. The maximum Gasteiger partial charge on any atom is 0.145 e. The Bertz CT molecular complexity index is 825. The molecule has 0 saturated carbocycles. The van der Waals surface area contributed by atoms with Crippen LogP contribution >= 0.6 is 11.6 Å².